The van der Waals surface area contributed by atoms with E-state index in [0.29, 0.717) is 0 Å². The third-order valence-electron chi connectivity index (χ3n) is 2.89. The minimum Gasteiger partial charge on any atom is -0.396 e. The van der Waals surface area contributed by atoms with Crippen LogP contribution in [0.4, 0.5) is 0 Å². The van der Waals surface area contributed by atoms with Crippen LogP contribution in [-0.2, 0) is 4.74 Å². The van der Waals surface area contributed by atoms with E-state index in [0.717, 1.165) is 0 Å². The Labute approximate surface area is 111 Å². The summed E-state index contributed by atoms with van der Waals surface area (Å²) in [4.78, 5) is 0. The van der Waals surface area contributed by atoms with Gasteiger partial charge in [0.1, 0.15) is 12.2 Å². The van der Waals surface area contributed by atoms with Crippen LogP contribution in [0, 0.1) is 5.92 Å². The van der Waals surface area contributed by atoms with Crippen molar-refractivity contribution in [1.29, 1.82) is 0 Å². The standard InChI is InChI=1S/C7H14O6.C4H10O2/c8-1-3-2-13-7(12)6(11)5(10)4(3)9;1-3(5)4(2)6/h3-12H,1-2H2;3-6H,1-2H3/t3-,4+,5-,6+,7+;3-,4+/m0./s1. The fourth-order valence-corrected chi connectivity index (χ4v) is 1.23. The van der Waals surface area contributed by atoms with Crippen LogP contribution in [0.3, 0.4) is 0 Å². The summed E-state index contributed by atoms with van der Waals surface area (Å²) in [7, 11) is 0. The van der Waals surface area contributed by atoms with E-state index in [1.165, 1.54) is 0 Å². The van der Waals surface area contributed by atoms with Crippen molar-refractivity contribution in [3.8, 4) is 0 Å². The van der Waals surface area contributed by atoms with Crippen LogP contribution >= 0.6 is 0 Å². The molecule has 8 heteroatoms. The maximum Gasteiger partial charge on any atom is 0.183 e. The fourth-order valence-electron chi connectivity index (χ4n) is 1.23. The van der Waals surface area contributed by atoms with Crippen molar-refractivity contribution in [2.75, 3.05) is 13.2 Å². The minimum atomic E-state index is -1.55. The van der Waals surface area contributed by atoms with Gasteiger partial charge in [0, 0.05) is 5.92 Å². The Hall–Kier alpha value is -0.320. The summed E-state index contributed by atoms with van der Waals surface area (Å²) >= 11 is 0. The van der Waals surface area contributed by atoms with Gasteiger partial charge in [0.2, 0.25) is 0 Å². The van der Waals surface area contributed by atoms with Crippen molar-refractivity contribution in [3.63, 3.8) is 0 Å². The smallest absolute Gasteiger partial charge is 0.183 e. The highest BCUT2D eigenvalue weighted by Gasteiger charge is 2.38. The second-order valence-electron chi connectivity index (χ2n) is 4.62. The molecule has 7 N–H and O–H groups in total. The first-order chi connectivity index (χ1) is 8.72. The average molecular weight is 284 g/mol. The molecule has 8 nitrogen and oxygen atoms in total. The van der Waals surface area contributed by atoms with Gasteiger partial charge in [-0.25, -0.2) is 0 Å². The van der Waals surface area contributed by atoms with E-state index in [1.54, 1.807) is 13.8 Å². The SMILES string of the molecule is C[C@H](O)[C@@H](C)O.OC[C@H]1CO[C@@H](O)[C@H](O)[C@@H](O)[C@@H]1O. The van der Waals surface area contributed by atoms with Gasteiger partial charge in [-0.1, -0.05) is 0 Å². The molecule has 1 rings (SSSR count). The molecule has 0 amide bonds. The zero-order valence-electron chi connectivity index (χ0n) is 11.0. The molecule has 0 radical (unpaired) electrons. The molecular formula is C11H24O8. The predicted molar refractivity (Wildman–Crippen MR) is 63.9 cm³/mol. The van der Waals surface area contributed by atoms with Gasteiger partial charge in [0.05, 0.1) is 31.5 Å². The first-order valence-electron chi connectivity index (χ1n) is 6.03. The molecule has 1 heterocycles. The van der Waals surface area contributed by atoms with Crippen LogP contribution in [0.1, 0.15) is 13.8 Å². The first-order valence-corrected chi connectivity index (χ1v) is 6.03. The zero-order chi connectivity index (χ0) is 15.2. The summed E-state index contributed by atoms with van der Waals surface area (Å²) < 4.78 is 4.68. The average Bonchev–Trinajstić information content (AvgIpc) is 2.44. The Balaban J connectivity index is 0.000000459. The lowest BCUT2D eigenvalue weighted by molar-refractivity contribution is -0.180. The number of aliphatic hydroxyl groups is 7. The van der Waals surface area contributed by atoms with Crippen LogP contribution in [0.15, 0.2) is 0 Å². The lowest BCUT2D eigenvalue weighted by Gasteiger charge is -2.23. The van der Waals surface area contributed by atoms with E-state index in [9.17, 15) is 10.2 Å². The zero-order valence-corrected chi connectivity index (χ0v) is 11.0. The van der Waals surface area contributed by atoms with E-state index in [4.69, 9.17) is 25.5 Å². The van der Waals surface area contributed by atoms with Crippen molar-refractivity contribution in [2.45, 2.75) is 50.7 Å². The molecule has 0 bridgehead atoms. The lowest BCUT2D eigenvalue weighted by Crippen LogP contribution is -2.45. The highest BCUT2D eigenvalue weighted by Crippen LogP contribution is 2.18. The second-order valence-corrected chi connectivity index (χ2v) is 4.62. The lowest BCUT2D eigenvalue weighted by atomic mass is 9.97. The van der Waals surface area contributed by atoms with Gasteiger partial charge < -0.3 is 40.5 Å². The van der Waals surface area contributed by atoms with Gasteiger partial charge >= 0.3 is 0 Å². The van der Waals surface area contributed by atoms with Crippen molar-refractivity contribution in [2.24, 2.45) is 5.92 Å². The summed E-state index contributed by atoms with van der Waals surface area (Å²) in [5.41, 5.74) is 0. The van der Waals surface area contributed by atoms with E-state index in [2.05, 4.69) is 4.74 Å². The summed E-state index contributed by atoms with van der Waals surface area (Å²) in [5.74, 6) is -0.693. The summed E-state index contributed by atoms with van der Waals surface area (Å²) in [6.07, 6.45) is -7.06. The Morgan fingerprint density at radius 2 is 1.42 bits per heavy atom. The third kappa shape index (κ3) is 6.11. The largest absolute Gasteiger partial charge is 0.396 e. The number of ether oxygens (including phenoxy) is 1. The van der Waals surface area contributed by atoms with Gasteiger partial charge in [-0.15, -0.1) is 0 Å². The van der Waals surface area contributed by atoms with Gasteiger partial charge in [-0.05, 0) is 13.8 Å². The molecule has 7 atom stereocenters. The van der Waals surface area contributed by atoms with E-state index >= 15 is 0 Å². The molecule has 116 valence electrons. The molecule has 1 saturated heterocycles. The highest BCUT2D eigenvalue weighted by atomic mass is 16.6. The molecule has 1 aliphatic heterocycles. The van der Waals surface area contributed by atoms with Crippen molar-refractivity contribution in [1.82, 2.24) is 0 Å². The fraction of sp³-hybridized carbons (Fsp3) is 1.00. The van der Waals surface area contributed by atoms with Crippen LogP contribution in [0.25, 0.3) is 0 Å². The first kappa shape index (κ1) is 18.7. The molecule has 19 heavy (non-hydrogen) atoms. The molecule has 0 saturated carbocycles. The van der Waals surface area contributed by atoms with Crippen LogP contribution in [0.2, 0.25) is 0 Å². The maximum absolute atomic E-state index is 9.34. The normalized spacial score (nSPS) is 38.7. The minimum absolute atomic E-state index is 0.104. The molecule has 0 aromatic carbocycles. The Morgan fingerprint density at radius 1 is 0.947 bits per heavy atom. The molecule has 0 spiro atoms. The monoisotopic (exact) mass is 284 g/mol. The maximum atomic E-state index is 9.34. The van der Waals surface area contributed by atoms with E-state index < -0.39 is 42.7 Å². The van der Waals surface area contributed by atoms with Gasteiger partial charge in [0.25, 0.3) is 0 Å². The van der Waals surface area contributed by atoms with Gasteiger partial charge in [-0.2, -0.15) is 0 Å². The summed E-state index contributed by atoms with van der Waals surface area (Å²) in [6, 6.07) is 0. The van der Waals surface area contributed by atoms with Crippen LogP contribution in [0.5, 0.6) is 0 Å². The number of rotatable bonds is 2. The van der Waals surface area contributed by atoms with Crippen LogP contribution in [-0.4, -0.2) is 85.8 Å². The second kappa shape index (κ2) is 8.77. The van der Waals surface area contributed by atoms with Crippen molar-refractivity contribution >= 4 is 0 Å². The molecule has 0 unspecified atom stereocenters. The quantitative estimate of drug-likeness (QED) is 0.280. The van der Waals surface area contributed by atoms with Crippen LogP contribution < -0.4 is 0 Å². The third-order valence-corrected chi connectivity index (χ3v) is 2.89. The molecule has 0 aromatic heterocycles. The molecule has 0 aliphatic carbocycles. The Morgan fingerprint density at radius 3 is 1.79 bits per heavy atom. The molecular weight excluding hydrogens is 260 g/mol. The Bertz CT molecular complexity index is 227. The van der Waals surface area contributed by atoms with E-state index in [-0.39, 0.29) is 13.2 Å². The molecule has 1 aliphatic rings. The summed E-state index contributed by atoms with van der Waals surface area (Å²) in [6.45, 7) is 2.61. The number of hydrogen-bond acceptors (Lipinski definition) is 8. The molecule has 0 aromatic rings. The van der Waals surface area contributed by atoms with E-state index in [1.807, 2.05) is 0 Å². The highest BCUT2D eigenvalue weighted by molar-refractivity contribution is 4.85. The Kier molecular flexibility index (Phi) is 8.62. The van der Waals surface area contributed by atoms with Gasteiger partial charge in [-0.3, -0.25) is 0 Å². The summed E-state index contributed by atoms with van der Waals surface area (Å²) in [5, 5.41) is 62.3. The predicted octanol–water partition coefficient (Wildman–Crippen LogP) is -3.23. The number of hydrogen-bond donors (Lipinski definition) is 7. The van der Waals surface area contributed by atoms with Crippen molar-refractivity contribution in [3.05, 3.63) is 0 Å². The van der Waals surface area contributed by atoms with Gasteiger partial charge in [0.15, 0.2) is 6.29 Å². The number of aliphatic hydroxyl groups excluding tert-OH is 7. The topological polar surface area (TPSA) is 151 Å². The van der Waals surface area contributed by atoms with Crippen molar-refractivity contribution < 1.29 is 40.5 Å². The molecule has 1 fully saturated rings.